The molecule has 1 heterocycles. The average molecular weight is 689 g/mol. The highest BCUT2D eigenvalue weighted by Gasteiger charge is 2.33. The zero-order chi connectivity index (χ0) is 35.6. The summed E-state index contributed by atoms with van der Waals surface area (Å²) in [5.74, 6) is -1.11. The van der Waals surface area contributed by atoms with Gasteiger partial charge in [0.2, 0.25) is 11.8 Å². The van der Waals surface area contributed by atoms with Gasteiger partial charge in [-0.05, 0) is 64.3 Å². The van der Waals surface area contributed by atoms with Gasteiger partial charge < -0.3 is 25.8 Å². The van der Waals surface area contributed by atoms with Crippen molar-refractivity contribution in [2.24, 2.45) is 0 Å². The smallest absolute Gasteiger partial charge is 0.407 e. The molecule has 1 aliphatic heterocycles. The molecule has 0 fully saturated rings. The fraction of sp³-hybridized carbons (Fsp3) is 0.317. The highest BCUT2D eigenvalue weighted by molar-refractivity contribution is 5.92. The second-order valence-electron chi connectivity index (χ2n) is 13.1. The summed E-state index contributed by atoms with van der Waals surface area (Å²) < 4.78 is 5.58. The standard InChI is InChI=1S/C41H44N4O6/c46-37(21-5-2-10-23-43-41(50)51-27-35-32-18-8-6-16-30(32)31-17-7-9-19-33(31)35)42-24-12-22-38(47)44-36-20-11-15-29-25-45(26-34(29)36)39(40(48)49)28-13-3-1-4-14-28/h1,3-4,6-9,11,13-20,35,39H,2,5,10,12,21-27H2,(H,42,46)(H,43,50)(H,44,47)(H,48,49)/t39-/m0/s1. The Morgan fingerprint density at radius 3 is 2.10 bits per heavy atom. The van der Waals surface area contributed by atoms with Gasteiger partial charge in [-0.2, -0.15) is 0 Å². The van der Waals surface area contributed by atoms with Gasteiger partial charge in [-0.15, -0.1) is 0 Å². The van der Waals surface area contributed by atoms with Crippen LogP contribution in [0.25, 0.3) is 11.1 Å². The number of nitrogens with one attached hydrogen (secondary N) is 3. The number of hydrogen-bond donors (Lipinski definition) is 4. The number of unbranched alkanes of at least 4 members (excludes halogenated alkanes) is 2. The van der Waals surface area contributed by atoms with Crippen molar-refractivity contribution in [3.63, 3.8) is 0 Å². The third-order valence-corrected chi connectivity index (χ3v) is 9.59. The number of hydrogen-bond acceptors (Lipinski definition) is 6. The van der Waals surface area contributed by atoms with E-state index in [2.05, 4.69) is 40.2 Å². The van der Waals surface area contributed by atoms with E-state index in [0.29, 0.717) is 56.7 Å². The van der Waals surface area contributed by atoms with Crippen molar-refractivity contribution in [1.82, 2.24) is 15.5 Å². The van der Waals surface area contributed by atoms with Crippen molar-refractivity contribution in [3.05, 3.63) is 125 Å². The van der Waals surface area contributed by atoms with Gasteiger partial charge in [-0.1, -0.05) is 97.4 Å². The molecule has 6 rings (SSSR count). The average Bonchev–Trinajstić information content (AvgIpc) is 3.71. The van der Waals surface area contributed by atoms with Crippen LogP contribution in [0.3, 0.4) is 0 Å². The number of amides is 3. The predicted molar refractivity (Wildman–Crippen MR) is 195 cm³/mol. The first-order valence-electron chi connectivity index (χ1n) is 17.7. The van der Waals surface area contributed by atoms with E-state index in [0.717, 1.165) is 24.0 Å². The highest BCUT2D eigenvalue weighted by atomic mass is 16.5. The van der Waals surface area contributed by atoms with Gasteiger partial charge in [-0.3, -0.25) is 19.3 Å². The van der Waals surface area contributed by atoms with Crippen LogP contribution >= 0.6 is 0 Å². The molecule has 0 saturated carbocycles. The van der Waals surface area contributed by atoms with Gasteiger partial charge in [0.1, 0.15) is 12.6 Å². The Morgan fingerprint density at radius 2 is 1.37 bits per heavy atom. The maximum absolute atomic E-state index is 12.8. The molecule has 0 spiro atoms. The van der Waals surface area contributed by atoms with Crippen LogP contribution in [-0.2, 0) is 32.2 Å². The monoisotopic (exact) mass is 688 g/mol. The lowest BCUT2D eigenvalue weighted by Gasteiger charge is -2.24. The molecule has 2 aliphatic rings. The van der Waals surface area contributed by atoms with Crippen LogP contribution in [0, 0.1) is 0 Å². The highest BCUT2D eigenvalue weighted by Crippen LogP contribution is 2.44. The molecule has 10 heteroatoms. The number of rotatable bonds is 16. The first-order valence-corrected chi connectivity index (χ1v) is 17.7. The van der Waals surface area contributed by atoms with Crippen LogP contribution in [0.1, 0.15) is 78.3 Å². The molecule has 4 aromatic rings. The number of carboxylic acid groups (broad SMARTS) is 1. The number of carboxylic acids is 1. The Balaban J connectivity index is 0.827. The first kappa shape index (κ1) is 35.3. The van der Waals surface area contributed by atoms with Gasteiger partial charge in [-0.25, -0.2) is 4.79 Å². The number of aliphatic carboxylic acids is 1. The van der Waals surface area contributed by atoms with E-state index < -0.39 is 18.1 Å². The number of benzene rings is 4. The van der Waals surface area contributed by atoms with E-state index >= 15 is 0 Å². The molecule has 4 aromatic carbocycles. The number of carbonyl (C=O) groups is 4. The maximum atomic E-state index is 12.8. The van der Waals surface area contributed by atoms with Crippen LogP contribution in [0.15, 0.2) is 97.1 Å². The molecule has 3 amide bonds. The molecule has 0 saturated heterocycles. The minimum absolute atomic E-state index is 0.0210. The van der Waals surface area contributed by atoms with Gasteiger partial charge >= 0.3 is 12.1 Å². The molecular weight excluding hydrogens is 644 g/mol. The number of nitrogens with zero attached hydrogens (tertiary/aromatic N) is 1. The van der Waals surface area contributed by atoms with Crippen molar-refractivity contribution in [1.29, 1.82) is 0 Å². The number of fused-ring (bicyclic) bond motifs is 4. The Hall–Kier alpha value is -5.48. The van der Waals surface area contributed by atoms with Crippen molar-refractivity contribution in [2.45, 2.75) is 63.6 Å². The number of ether oxygens (including phenoxy) is 1. The van der Waals surface area contributed by atoms with E-state index in [9.17, 15) is 24.3 Å². The van der Waals surface area contributed by atoms with Crippen molar-refractivity contribution >= 4 is 29.6 Å². The largest absolute Gasteiger partial charge is 0.480 e. The summed E-state index contributed by atoms with van der Waals surface area (Å²) in [7, 11) is 0. The molecule has 0 bridgehead atoms. The Kier molecular flexibility index (Phi) is 11.8. The molecule has 0 unspecified atom stereocenters. The van der Waals surface area contributed by atoms with Gasteiger partial charge in [0, 0.05) is 50.6 Å². The molecular formula is C41H44N4O6. The zero-order valence-electron chi connectivity index (χ0n) is 28.6. The van der Waals surface area contributed by atoms with E-state index in [1.165, 1.54) is 22.3 Å². The second kappa shape index (κ2) is 17.0. The molecule has 1 atom stereocenters. The number of carbonyl (C=O) groups excluding carboxylic acids is 3. The van der Waals surface area contributed by atoms with E-state index in [-0.39, 0.29) is 30.8 Å². The van der Waals surface area contributed by atoms with Crippen LogP contribution < -0.4 is 16.0 Å². The fourth-order valence-electron chi connectivity index (χ4n) is 7.10. The summed E-state index contributed by atoms with van der Waals surface area (Å²) in [6.45, 7) is 2.04. The van der Waals surface area contributed by atoms with Gasteiger partial charge in [0.25, 0.3) is 0 Å². The summed E-state index contributed by atoms with van der Waals surface area (Å²) in [5, 5.41) is 18.7. The zero-order valence-corrected chi connectivity index (χ0v) is 28.6. The van der Waals surface area contributed by atoms with Crippen LogP contribution in [0.5, 0.6) is 0 Å². The summed E-state index contributed by atoms with van der Waals surface area (Å²) >= 11 is 0. The maximum Gasteiger partial charge on any atom is 0.407 e. The molecule has 0 aromatic heterocycles. The SMILES string of the molecule is O=C(CCCCCNC(=O)OCC1c2ccccc2-c2ccccc21)NCCCC(=O)Nc1cccc2c1CN([C@H](C(=O)O)c1ccccc1)C2. The summed E-state index contributed by atoms with van der Waals surface area (Å²) in [4.78, 5) is 51.5. The van der Waals surface area contributed by atoms with E-state index in [4.69, 9.17) is 4.74 Å². The fourth-order valence-corrected chi connectivity index (χ4v) is 7.10. The quantitative estimate of drug-likeness (QED) is 0.0955. The summed E-state index contributed by atoms with van der Waals surface area (Å²) in [6, 6.07) is 30.5. The van der Waals surface area contributed by atoms with E-state index in [1.54, 1.807) is 0 Å². The number of alkyl carbamates (subject to hydrolysis) is 1. The van der Waals surface area contributed by atoms with E-state index in [1.807, 2.05) is 77.7 Å². The molecule has 10 nitrogen and oxygen atoms in total. The van der Waals surface area contributed by atoms with Gasteiger partial charge in [0.05, 0.1) is 0 Å². The molecule has 4 N–H and O–H groups in total. The van der Waals surface area contributed by atoms with Crippen LogP contribution in [0.2, 0.25) is 0 Å². The predicted octanol–water partition coefficient (Wildman–Crippen LogP) is 6.76. The van der Waals surface area contributed by atoms with Crippen molar-refractivity contribution in [3.8, 4) is 11.1 Å². The summed E-state index contributed by atoms with van der Waals surface area (Å²) in [5.41, 5.74) is 8.05. The minimum Gasteiger partial charge on any atom is -0.480 e. The van der Waals surface area contributed by atoms with Gasteiger partial charge in [0.15, 0.2) is 0 Å². The number of anilines is 1. The van der Waals surface area contributed by atoms with Crippen LogP contribution in [0.4, 0.5) is 10.5 Å². The second-order valence-corrected chi connectivity index (χ2v) is 13.1. The Labute approximate surface area is 298 Å². The molecule has 1 aliphatic carbocycles. The third-order valence-electron chi connectivity index (χ3n) is 9.59. The third kappa shape index (κ3) is 8.82. The Morgan fingerprint density at radius 1 is 0.706 bits per heavy atom. The lowest BCUT2D eigenvalue weighted by atomic mass is 9.98. The molecule has 0 radical (unpaired) electrons. The molecule has 264 valence electrons. The lowest BCUT2D eigenvalue weighted by molar-refractivity contribution is -0.144. The normalized spacial score (nSPS) is 13.8. The first-order chi connectivity index (χ1) is 24.9. The lowest BCUT2D eigenvalue weighted by Crippen LogP contribution is -2.30. The summed E-state index contributed by atoms with van der Waals surface area (Å²) in [6.07, 6.45) is 2.91. The molecule has 51 heavy (non-hydrogen) atoms. The Bertz CT molecular complexity index is 1820. The topological polar surface area (TPSA) is 137 Å². The minimum atomic E-state index is -0.912. The van der Waals surface area contributed by atoms with Crippen molar-refractivity contribution < 1.29 is 29.0 Å². The van der Waals surface area contributed by atoms with Crippen LogP contribution in [-0.4, -0.2) is 53.6 Å². The van der Waals surface area contributed by atoms with Crippen molar-refractivity contribution in [2.75, 3.05) is 25.0 Å².